The molecule has 106 valence electrons. The molecular formula is C13H22N4OS. The van der Waals surface area contributed by atoms with Gasteiger partial charge in [0.15, 0.2) is 5.16 Å². The highest BCUT2D eigenvalue weighted by molar-refractivity contribution is 7.98. The fourth-order valence-electron chi connectivity index (χ4n) is 2.65. The molecule has 0 bridgehead atoms. The number of nitrogen functional groups attached to an aromatic ring is 1. The molecule has 5 nitrogen and oxygen atoms in total. The van der Waals surface area contributed by atoms with Gasteiger partial charge in [0.1, 0.15) is 11.6 Å². The maximum absolute atomic E-state index is 9.30. The third-order valence-electron chi connectivity index (χ3n) is 3.55. The highest BCUT2D eigenvalue weighted by Gasteiger charge is 2.22. The normalized spacial score (nSPS) is 16.5. The van der Waals surface area contributed by atoms with Crippen LogP contribution in [0.1, 0.15) is 32.1 Å². The first-order valence-electron chi connectivity index (χ1n) is 6.80. The first-order valence-corrected chi connectivity index (χ1v) is 8.03. The van der Waals surface area contributed by atoms with Gasteiger partial charge in [-0.1, -0.05) is 31.0 Å². The van der Waals surface area contributed by atoms with E-state index in [0.29, 0.717) is 23.6 Å². The molecule has 0 amide bonds. The number of nitrogens with two attached hydrogens (primary N) is 1. The van der Waals surface area contributed by atoms with E-state index in [1.807, 2.05) is 12.3 Å². The van der Waals surface area contributed by atoms with E-state index in [4.69, 9.17) is 5.73 Å². The Labute approximate surface area is 118 Å². The van der Waals surface area contributed by atoms with Crippen molar-refractivity contribution in [3.05, 3.63) is 6.07 Å². The van der Waals surface area contributed by atoms with E-state index < -0.39 is 0 Å². The van der Waals surface area contributed by atoms with Gasteiger partial charge >= 0.3 is 0 Å². The molecule has 0 aliphatic heterocycles. The van der Waals surface area contributed by atoms with Gasteiger partial charge in [0.2, 0.25) is 0 Å². The minimum atomic E-state index is 0.134. The van der Waals surface area contributed by atoms with Gasteiger partial charge in [-0.3, -0.25) is 0 Å². The predicted octanol–water partition coefficient (Wildman–Crippen LogP) is 1.91. The number of thioether (sulfide) groups is 1. The number of anilines is 2. The zero-order valence-electron chi connectivity index (χ0n) is 11.4. The molecular weight excluding hydrogens is 260 g/mol. The number of hydrogen-bond donors (Lipinski definition) is 2. The fourth-order valence-corrected chi connectivity index (χ4v) is 3.03. The molecule has 0 aromatic carbocycles. The Morgan fingerprint density at radius 3 is 2.74 bits per heavy atom. The van der Waals surface area contributed by atoms with Crippen LogP contribution in [0.25, 0.3) is 0 Å². The van der Waals surface area contributed by atoms with Crippen LogP contribution in [0.4, 0.5) is 11.6 Å². The summed E-state index contributed by atoms with van der Waals surface area (Å²) >= 11 is 1.49. The van der Waals surface area contributed by atoms with Gasteiger partial charge in [-0.05, 0) is 19.1 Å². The van der Waals surface area contributed by atoms with Gasteiger partial charge in [0.05, 0.1) is 6.61 Å². The molecule has 0 atom stereocenters. The summed E-state index contributed by atoms with van der Waals surface area (Å²) < 4.78 is 0. The van der Waals surface area contributed by atoms with Crippen LogP contribution in [0.15, 0.2) is 11.2 Å². The summed E-state index contributed by atoms with van der Waals surface area (Å²) in [4.78, 5) is 10.9. The van der Waals surface area contributed by atoms with Crippen LogP contribution in [-0.2, 0) is 0 Å². The molecule has 1 aromatic heterocycles. The van der Waals surface area contributed by atoms with Gasteiger partial charge in [-0.15, -0.1) is 0 Å². The molecule has 1 aliphatic carbocycles. The molecule has 3 N–H and O–H groups in total. The van der Waals surface area contributed by atoms with E-state index in [1.165, 1.54) is 43.9 Å². The smallest absolute Gasteiger partial charge is 0.191 e. The maximum Gasteiger partial charge on any atom is 0.191 e. The van der Waals surface area contributed by atoms with Crippen LogP contribution in [-0.4, -0.2) is 40.5 Å². The summed E-state index contributed by atoms with van der Waals surface area (Å²) in [5, 5.41) is 9.99. The number of aliphatic hydroxyl groups is 1. The predicted molar refractivity (Wildman–Crippen MR) is 79.5 cm³/mol. The minimum Gasteiger partial charge on any atom is -0.395 e. The van der Waals surface area contributed by atoms with E-state index in [0.717, 1.165) is 5.82 Å². The van der Waals surface area contributed by atoms with Crippen LogP contribution in [0, 0.1) is 0 Å². The van der Waals surface area contributed by atoms with Crippen molar-refractivity contribution < 1.29 is 5.11 Å². The third kappa shape index (κ3) is 3.73. The number of hydrogen-bond acceptors (Lipinski definition) is 6. The van der Waals surface area contributed by atoms with Crippen LogP contribution in [0.3, 0.4) is 0 Å². The second-order valence-electron chi connectivity index (χ2n) is 4.85. The quantitative estimate of drug-likeness (QED) is 0.635. The molecule has 0 unspecified atom stereocenters. The first-order chi connectivity index (χ1) is 9.24. The largest absolute Gasteiger partial charge is 0.395 e. The van der Waals surface area contributed by atoms with Crippen molar-refractivity contribution >= 4 is 23.4 Å². The third-order valence-corrected chi connectivity index (χ3v) is 4.09. The monoisotopic (exact) mass is 282 g/mol. The van der Waals surface area contributed by atoms with Gasteiger partial charge in [-0.25, -0.2) is 9.97 Å². The summed E-state index contributed by atoms with van der Waals surface area (Å²) in [5.41, 5.74) is 5.84. The van der Waals surface area contributed by atoms with E-state index in [1.54, 1.807) is 0 Å². The Hall–Kier alpha value is -1.01. The fraction of sp³-hybridized carbons (Fsp3) is 0.692. The molecule has 19 heavy (non-hydrogen) atoms. The number of aromatic nitrogens is 2. The van der Waals surface area contributed by atoms with Crippen LogP contribution in [0.5, 0.6) is 0 Å². The van der Waals surface area contributed by atoms with Crippen LogP contribution < -0.4 is 10.6 Å². The molecule has 1 aliphatic rings. The van der Waals surface area contributed by atoms with Gasteiger partial charge in [-0.2, -0.15) is 0 Å². The van der Waals surface area contributed by atoms with E-state index in [2.05, 4.69) is 14.9 Å². The SMILES string of the molecule is CSc1nc(N)cc(N(CCO)C2CCCCC2)n1. The Morgan fingerprint density at radius 2 is 2.11 bits per heavy atom. The molecule has 1 fully saturated rings. The zero-order valence-corrected chi connectivity index (χ0v) is 12.2. The van der Waals surface area contributed by atoms with E-state index in [-0.39, 0.29) is 6.61 Å². The molecule has 6 heteroatoms. The van der Waals surface area contributed by atoms with E-state index in [9.17, 15) is 5.11 Å². The second kappa shape index (κ2) is 6.96. The summed E-state index contributed by atoms with van der Waals surface area (Å²) in [7, 11) is 0. The highest BCUT2D eigenvalue weighted by atomic mass is 32.2. The average Bonchev–Trinajstić information content (AvgIpc) is 2.45. The van der Waals surface area contributed by atoms with Crippen molar-refractivity contribution in [1.29, 1.82) is 0 Å². The molecule has 1 saturated carbocycles. The van der Waals surface area contributed by atoms with Crippen molar-refractivity contribution in [2.45, 2.75) is 43.3 Å². The summed E-state index contributed by atoms with van der Waals surface area (Å²) in [6.07, 6.45) is 8.09. The first kappa shape index (κ1) is 14.4. The second-order valence-corrected chi connectivity index (χ2v) is 5.62. The summed E-state index contributed by atoms with van der Waals surface area (Å²) in [6, 6.07) is 2.27. The minimum absolute atomic E-state index is 0.134. The van der Waals surface area contributed by atoms with Gasteiger partial charge in [0.25, 0.3) is 0 Å². The standard InChI is InChI=1S/C13H22N4OS/c1-19-13-15-11(14)9-12(16-13)17(7-8-18)10-5-3-2-4-6-10/h9-10,18H,2-8H2,1H3,(H2,14,15,16). The Kier molecular flexibility index (Phi) is 5.27. The van der Waals surface area contributed by atoms with Crippen molar-refractivity contribution in [3.63, 3.8) is 0 Å². The van der Waals surface area contributed by atoms with Crippen molar-refractivity contribution in [2.75, 3.05) is 30.0 Å². The highest BCUT2D eigenvalue weighted by Crippen LogP contribution is 2.27. The molecule has 2 rings (SSSR count). The average molecular weight is 282 g/mol. The molecule has 1 heterocycles. The molecule has 0 spiro atoms. The lowest BCUT2D eigenvalue weighted by atomic mass is 9.94. The summed E-state index contributed by atoms with van der Waals surface area (Å²) in [6.45, 7) is 0.740. The van der Waals surface area contributed by atoms with Crippen LogP contribution in [0.2, 0.25) is 0 Å². The lowest BCUT2D eigenvalue weighted by Gasteiger charge is -2.35. The van der Waals surface area contributed by atoms with Gasteiger partial charge in [0, 0.05) is 18.7 Å². The Morgan fingerprint density at radius 1 is 1.37 bits per heavy atom. The maximum atomic E-state index is 9.30. The molecule has 0 radical (unpaired) electrons. The van der Waals surface area contributed by atoms with E-state index >= 15 is 0 Å². The Balaban J connectivity index is 2.24. The number of aliphatic hydroxyl groups excluding tert-OH is 1. The zero-order chi connectivity index (χ0) is 13.7. The molecule has 0 saturated heterocycles. The molecule has 1 aromatic rings. The number of rotatable bonds is 5. The van der Waals surface area contributed by atoms with Crippen molar-refractivity contribution in [3.8, 4) is 0 Å². The lowest BCUT2D eigenvalue weighted by molar-refractivity contribution is 0.289. The van der Waals surface area contributed by atoms with Crippen molar-refractivity contribution in [1.82, 2.24) is 9.97 Å². The topological polar surface area (TPSA) is 75.3 Å². The van der Waals surface area contributed by atoms with Crippen molar-refractivity contribution in [2.24, 2.45) is 0 Å². The summed E-state index contributed by atoms with van der Waals surface area (Å²) in [5.74, 6) is 1.34. The van der Waals surface area contributed by atoms with Crippen LogP contribution >= 0.6 is 11.8 Å². The van der Waals surface area contributed by atoms with Gasteiger partial charge < -0.3 is 15.7 Å². The lowest BCUT2D eigenvalue weighted by Crippen LogP contribution is -2.39. The number of nitrogens with zero attached hydrogens (tertiary/aromatic N) is 3. The Bertz CT molecular complexity index is 410.